The summed E-state index contributed by atoms with van der Waals surface area (Å²) in [5.74, 6) is -0.427. The minimum atomic E-state index is -1.18. The molecule has 10 heavy (non-hydrogen) atoms. The van der Waals surface area contributed by atoms with E-state index in [1.807, 2.05) is 13.8 Å². The van der Waals surface area contributed by atoms with Crippen LogP contribution in [0.5, 0.6) is 0 Å². The van der Waals surface area contributed by atoms with Crippen molar-refractivity contribution in [1.29, 1.82) is 0 Å². The third-order valence-corrected chi connectivity index (χ3v) is 2.41. The van der Waals surface area contributed by atoms with Gasteiger partial charge in [0.05, 0.1) is 0 Å². The Hall–Kier alpha value is -0.380. The molecule has 0 saturated heterocycles. The molecule has 0 saturated carbocycles. The Morgan fingerprint density at radius 1 is 1.60 bits per heavy atom. The van der Waals surface area contributed by atoms with E-state index in [1.165, 1.54) is 0 Å². The van der Waals surface area contributed by atoms with Crippen molar-refractivity contribution in [1.82, 2.24) is 0 Å². The van der Waals surface area contributed by atoms with Gasteiger partial charge in [-0.2, -0.15) is 0 Å². The quantitative estimate of drug-likeness (QED) is 0.657. The van der Waals surface area contributed by atoms with Crippen molar-refractivity contribution < 1.29 is 14.1 Å². The van der Waals surface area contributed by atoms with Crippen molar-refractivity contribution in [3.8, 4) is 0 Å². The molecular formula is C6H12O3S. The van der Waals surface area contributed by atoms with Crippen molar-refractivity contribution in [3.63, 3.8) is 0 Å². The minimum Gasteiger partial charge on any atom is -0.481 e. The highest BCUT2D eigenvalue weighted by molar-refractivity contribution is 7.85. The van der Waals surface area contributed by atoms with Gasteiger partial charge in [0.2, 0.25) is 0 Å². The van der Waals surface area contributed by atoms with Gasteiger partial charge in [-0.25, -0.2) is 0 Å². The van der Waals surface area contributed by atoms with E-state index in [4.69, 9.17) is 5.11 Å². The van der Waals surface area contributed by atoms with E-state index in [0.717, 1.165) is 0 Å². The lowest BCUT2D eigenvalue weighted by molar-refractivity contribution is -0.133. The predicted octanol–water partition coefficient (Wildman–Crippen LogP) is 0.476. The van der Waals surface area contributed by atoms with Gasteiger partial charge in [0.1, 0.15) is 5.75 Å². The Balaban J connectivity index is 3.54. The van der Waals surface area contributed by atoms with Gasteiger partial charge in [0.25, 0.3) is 0 Å². The Bertz CT molecular complexity index is 142. The molecule has 0 aliphatic rings. The maximum absolute atomic E-state index is 10.8. The van der Waals surface area contributed by atoms with Crippen LogP contribution in [0.1, 0.15) is 13.8 Å². The van der Waals surface area contributed by atoms with E-state index >= 15 is 0 Å². The highest BCUT2D eigenvalue weighted by Gasteiger charge is 2.06. The van der Waals surface area contributed by atoms with E-state index in [2.05, 4.69) is 0 Å². The van der Waals surface area contributed by atoms with E-state index in [-0.39, 0.29) is 5.75 Å². The summed E-state index contributed by atoms with van der Waals surface area (Å²) in [6.45, 7) is 3.83. The topological polar surface area (TPSA) is 54.4 Å². The fourth-order valence-electron chi connectivity index (χ4n) is 0.568. The molecule has 1 atom stereocenters. The van der Waals surface area contributed by atoms with Crippen LogP contribution in [-0.4, -0.2) is 26.8 Å². The summed E-state index contributed by atoms with van der Waals surface area (Å²) in [5.41, 5.74) is 0. The van der Waals surface area contributed by atoms with Crippen LogP contribution in [0.25, 0.3) is 0 Å². The minimum absolute atomic E-state index is 0.224. The average Bonchev–Trinajstić information content (AvgIpc) is 1.58. The third kappa shape index (κ3) is 5.75. The summed E-state index contributed by atoms with van der Waals surface area (Å²) >= 11 is 0. The zero-order valence-electron chi connectivity index (χ0n) is 6.16. The first-order chi connectivity index (χ1) is 4.52. The average molecular weight is 164 g/mol. The summed E-state index contributed by atoms with van der Waals surface area (Å²) in [6, 6.07) is 0. The van der Waals surface area contributed by atoms with Crippen molar-refractivity contribution in [3.05, 3.63) is 0 Å². The largest absolute Gasteiger partial charge is 0.481 e. The van der Waals surface area contributed by atoms with Crippen LogP contribution in [0.2, 0.25) is 0 Å². The first-order valence-corrected chi connectivity index (χ1v) is 4.58. The zero-order chi connectivity index (χ0) is 8.15. The molecule has 0 heterocycles. The summed E-state index contributed by atoms with van der Waals surface area (Å²) < 4.78 is 10.8. The molecule has 0 aromatic rings. The molecule has 1 unspecified atom stereocenters. The Morgan fingerprint density at radius 2 is 2.10 bits per heavy atom. The molecule has 60 valence electrons. The van der Waals surface area contributed by atoms with E-state index in [9.17, 15) is 9.00 Å². The molecule has 0 bridgehead atoms. The zero-order valence-corrected chi connectivity index (χ0v) is 6.98. The maximum Gasteiger partial charge on any atom is 0.316 e. The molecule has 4 heteroatoms. The summed E-state index contributed by atoms with van der Waals surface area (Å²) in [7, 11) is -1.18. The van der Waals surface area contributed by atoms with Crippen LogP contribution in [0.3, 0.4) is 0 Å². The molecule has 0 aromatic carbocycles. The van der Waals surface area contributed by atoms with E-state index < -0.39 is 16.8 Å². The lowest BCUT2D eigenvalue weighted by atomic mass is 10.3. The van der Waals surface area contributed by atoms with Gasteiger partial charge >= 0.3 is 5.97 Å². The molecule has 0 aliphatic carbocycles. The second kappa shape index (κ2) is 4.44. The Kier molecular flexibility index (Phi) is 4.27. The van der Waals surface area contributed by atoms with Crippen molar-refractivity contribution in [2.75, 3.05) is 11.5 Å². The number of hydrogen-bond donors (Lipinski definition) is 1. The molecule has 0 aromatic heterocycles. The van der Waals surface area contributed by atoms with Crippen molar-refractivity contribution in [2.24, 2.45) is 5.92 Å². The molecule has 0 aliphatic heterocycles. The third-order valence-electron chi connectivity index (χ3n) is 0.804. The number of carboxylic acids is 1. The monoisotopic (exact) mass is 164 g/mol. The molecule has 1 N–H and O–H groups in total. The molecule has 3 nitrogen and oxygen atoms in total. The fraction of sp³-hybridized carbons (Fsp3) is 0.833. The van der Waals surface area contributed by atoms with Gasteiger partial charge in [-0.15, -0.1) is 0 Å². The number of aliphatic carboxylic acids is 1. The molecule has 0 amide bonds. The van der Waals surface area contributed by atoms with Gasteiger partial charge < -0.3 is 5.11 Å². The van der Waals surface area contributed by atoms with Gasteiger partial charge in [0.15, 0.2) is 0 Å². The van der Waals surface area contributed by atoms with Gasteiger partial charge in [-0.3, -0.25) is 9.00 Å². The number of hydrogen-bond acceptors (Lipinski definition) is 2. The van der Waals surface area contributed by atoms with E-state index in [1.54, 1.807) is 0 Å². The van der Waals surface area contributed by atoms with Crippen LogP contribution in [-0.2, 0) is 15.6 Å². The van der Waals surface area contributed by atoms with Crippen LogP contribution in [0.4, 0.5) is 0 Å². The maximum atomic E-state index is 10.8. The molecular weight excluding hydrogens is 152 g/mol. The highest BCUT2D eigenvalue weighted by atomic mass is 32.2. The highest BCUT2D eigenvalue weighted by Crippen LogP contribution is 1.95. The lowest BCUT2D eigenvalue weighted by Crippen LogP contribution is -2.14. The summed E-state index contributed by atoms with van der Waals surface area (Å²) in [4.78, 5) is 10.00. The Labute approximate surface area is 62.9 Å². The second-order valence-electron chi connectivity index (χ2n) is 2.54. The Morgan fingerprint density at radius 3 is 2.40 bits per heavy atom. The summed E-state index contributed by atoms with van der Waals surface area (Å²) in [5, 5.41) is 8.20. The van der Waals surface area contributed by atoms with Gasteiger partial charge in [0, 0.05) is 16.6 Å². The van der Waals surface area contributed by atoms with Crippen molar-refractivity contribution >= 4 is 16.8 Å². The van der Waals surface area contributed by atoms with Crippen molar-refractivity contribution in [2.45, 2.75) is 13.8 Å². The lowest BCUT2D eigenvalue weighted by Gasteiger charge is -2.00. The number of carbonyl (C=O) groups is 1. The smallest absolute Gasteiger partial charge is 0.316 e. The first-order valence-electron chi connectivity index (χ1n) is 3.09. The molecule has 0 fully saturated rings. The summed E-state index contributed by atoms with van der Waals surface area (Å²) in [6.07, 6.45) is 0. The van der Waals surface area contributed by atoms with Gasteiger partial charge in [-0.1, -0.05) is 13.8 Å². The molecule has 0 radical (unpaired) electrons. The number of rotatable bonds is 4. The predicted molar refractivity (Wildman–Crippen MR) is 40.4 cm³/mol. The standard InChI is InChI=1S/C6H12O3S/c1-5(2)3-10(9)4-6(7)8/h5H,3-4H2,1-2H3,(H,7,8). The fourth-order valence-corrected chi connectivity index (χ4v) is 1.71. The molecule has 0 rings (SSSR count). The second-order valence-corrected chi connectivity index (χ2v) is 4.04. The normalized spacial score (nSPS) is 13.5. The van der Waals surface area contributed by atoms with E-state index in [0.29, 0.717) is 11.7 Å². The van der Waals surface area contributed by atoms with Crippen LogP contribution < -0.4 is 0 Å². The number of carboxylic acid groups (broad SMARTS) is 1. The van der Waals surface area contributed by atoms with Crippen LogP contribution in [0, 0.1) is 5.92 Å². The van der Waals surface area contributed by atoms with Crippen LogP contribution >= 0.6 is 0 Å². The van der Waals surface area contributed by atoms with Gasteiger partial charge in [-0.05, 0) is 5.92 Å². The van der Waals surface area contributed by atoms with Crippen LogP contribution in [0.15, 0.2) is 0 Å². The molecule has 0 spiro atoms. The SMILES string of the molecule is CC(C)CS(=O)CC(=O)O. The first kappa shape index (κ1) is 9.62.